The molecule has 0 fully saturated rings. The number of hydrogen-bond donors (Lipinski definition) is 1. The van der Waals surface area contributed by atoms with Gasteiger partial charge < -0.3 is 9.47 Å². The van der Waals surface area contributed by atoms with Gasteiger partial charge in [0, 0.05) is 0 Å². The maximum Gasteiger partial charge on any atom is 0.268 e. The van der Waals surface area contributed by atoms with E-state index in [0.29, 0.717) is 29.7 Å². The highest BCUT2D eigenvalue weighted by molar-refractivity contribution is 7.15. The fourth-order valence-electron chi connectivity index (χ4n) is 2.87. The Morgan fingerprint density at radius 2 is 1.91 bits per heavy atom. The lowest BCUT2D eigenvalue weighted by atomic mass is 10.1. The number of allylic oxidation sites excluding steroid dienone is 1. The third kappa shape index (κ3) is 7.02. The number of ether oxygens (including phenoxy) is 2. The van der Waals surface area contributed by atoms with Crippen LogP contribution in [0.15, 0.2) is 66.8 Å². The summed E-state index contributed by atoms with van der Waals surface area (Å²) in [7, 11) is 0. The molecule has 0 bridgehead atoms. The number of nitrogens with zero attached hydrogens (tertiary/aromatic N) is 3. The van der Waals surface area contributed by atoms with Crippen molar-refractivity contribution in [3.05, 3.63) is 82.9 Å². The van der Waals surface area contributed by atoms with Gasteiger partial charge in [0.1, 0.15) is 41.4 Å². The molecular formula is C25H24N4O3S. The van der Waals surface area contributed by atoms with Crippen molar-refractivity contribution in [2.75, 3.05) is 18.5 Å². The summed E-state index contributed by atoms with van der Waals surface area (Å²) < 4.78 is 11.5. The van der Waals surface area contributed by atoms with Crippen molar-refractivity contribution in [2.24, 2.45) is 0 Å². The summed E-state index contributed by atoms with van der Waals surface area (Å²) in [6.45, 7) is 6.50. The highest BCUT2D eigenvalue weighted by Crippen LogP contribution is 2.20. The van der Waals surface area contributed by atoms with Gasteiger partial charge in [-0.2, -0.15) is 5.26 Å². The molecular weight excluding hydrogens is 436 g/mol. The van der Waals surface area contributed by atoms with Crippen molar-refractivity contribution in [1.29, 1.82) is 5.26 Å². The Morgan fingerprint density at radius 3 is 2.61 bits per heavy atom. The number of rotatable bonds is 11. The molecule has 7 nitrogen and oxygen atoms in total. The van der Waals surface area contributed by atoms with Crippen molar-refractivity contribution in [3.63, 3.8) is 0 Å². The van der Waals surface area contributed by atoms with Crippen LogP contribution in [0.2, 0.25) is 0 Å². The van der Waals surface area contributed by atoms with Crippen LogP contribution in [-0.2, 0) is 17.6 Å². The molecule has 0 aliphatic rings. The second-order valence-corrected chi connectivity index (χ2v) is 7.91. The molecule has 3 rings (SSSR count). The number of nitriles is 1. The van der Waals surface area contributed by atoms with Crippen molar-refractivity contribution in [1.82, 2.24) is 10.2 Å². The van der Waals surface area contributed by atoms with Crippen molar-refractivity contribution in [3.8, 4) is 17.6 Å². The maximum absolute atomic E-state index is 12.4. The molecule has 0 saturated heterocycles. The van der Waals surface area contributed by atoms with E-state index < -0.39 is 5.91 Å². The highest BCUT2D eigenvalue weighted by atomic mass is 32.1. The monoisotopic (exact) mass is 460 g/mol. The average Bonchev–Trinajstić information content (AvgIpc) is 3.29. The first-order chi connectivity index (χ1) is 16.1. The quantitative estimate of drug-likeness (QED) is 0.190. The molecule has 2 aromatic carbocycles. The van der Waals surface area contributed by atoms with Crippen LogP contribution >= 0.6 is 11.3 Å². The Bertz CT molecular complexity index is 1160. The number of hydrogen-bond acceptors (Lipinski definition) is 7. The van der Waals surface area contributed by atoms with Gasteiger partial charge in [-0.15, -0.1) is 16.8 Å². The van der Waals surface area contributed by atoms with E-state index in [4.69, 9.17) is 9.47 Å². The van der Waals surface area contributed by atoms with E-state index in [1.165, 1.54) is 17.4 Å². The van der Waals surface area contributed by atoms with Crippen LogP contribution in [0, 0.1) is 11.3 Å². The summed E-state index contributed by atoms with van der Waals surface area (Å²) in [6, 6.07) is 16.9. The minimum Gasteiger partial charge on any atom is -0.490 e. The molecule has 0 unspecified atom stereocenters. The molecule has 0 saturated carbocycles. The summed E-state index contributed by atoms with van der Waals surface area (Å²) >= 11 is 1.29. The second-order valence-electron chi connectivity index (χ2n) is 6.84. The van der Waals surface area contributed by atoms with Gasteiger partial charge in [0.25, 0.3) is 5.91 Å². The van der Waals surface area contributed by atoms with E-state index in [0.717, 1.165) is 29.2 Å². The van der Waals surface area contributed by atoms with Crippen LogP contribution in [-0.4, -0.2) is 29.3 Å². The van der Waals surface area contributed by atoms with E-state index in [2.05, 4.69) is 22.1 Å². The van der Waals surface area contributed by atoms with E-state index in [9.17, 15) is 10.1 Å². The molecule has 33 heavy (non-hydrogen) atoms. The highest BCUT2D eigenvalue weighted by Gasteiger charge is 2.12. The van der Waals surface area contributed by atoms with Gasteiger partial charge in [-0.1, -0.05) is 54.7 Å². The number of amides is 1. The SMILES string of the molecule is C=CCc1ccccc1OCCOc1ccc(/C=C(/C#N)C(=O)Nc2nnc(CC)s2)cc1. The molecule has 1 N–H and O–H groups in total. The zero-order chi connectivity index (χ0) is 23.5. The smallest absolute Gasteiger partial charge is 0.268 e. The van der Waals surface area contributed by atoms with E-state index in [1.807, 2.05) is 43.3 Å². The number of anilines is 1. The van der Waals surface area contributed by atoms with Gasteiger partial charge in [0.15, 0.2) is 0 Å². The standard InChI is InChI=1S/C25H24N4O3S/c1-3-7-19-8-5-6-9-22(19)32-15-14-31-21-12-10-18(11-13-21)16-20(17-26)24(30)27-25-29-28-23(4-2)33-25/h3,5-6,8-13,16H,1,4,7,14-15H2,2H3,(H,27,29,30)/b20-16-. The first kappa shape index (κ1) is 23.7. The summed E-state index contributed by atoms with van der Waals surface area (Å²) in [5, 5.41) is 21.0. The summed E-state index contributed by atoms with van der Waals surface area (Å²) in [5.74, 6) is 0.966. The van der Waals surface area contributed by atoms with Gasteiger partial charge in [-0.3, -0.25) is 10.1 Å². The van der Waals surface area contributed by atoms with Gasteiger partial charge in [0.2, 0.25) is 5.13 Å². The maximum atomic E-state index is 12.4. The Hall–Kier alpha value is -3.96. The van der Waals surface area contributed by atoms with Crippen molar-refractivity contribution < 1.29 is 14.3 Å². The number of carbonyl (C=O) groups excluding carboxylic acids is 1. The normalized spacial score (nSPS) is 10.8. The molecule has 0 atom stereocenters. The molecule has 0 radical (unpaired) electrons. The molecule has 1 heterocycles. The Balaban J connectivity index is 1.52. The first-order valence-corrected chi connectivity index (χ1v) is 11.2. The number of para-hydroxylation sites is 1. The summed E-state index contributed by atoms with van der Waals surface area (Å²) in [5.41, 5.74) is 1.76. The lowest BCUT2D eigenvalue weighted by Gasteiger charge is -2.11. The second kappa shape index (κ2) is 12.2. The van der Waals surface area contributed by atoms with Gasteiger partial charge in [0.05, 0.1) is 0 Å². The lowest BCUT2D eigenvalue weighted by molar-refractivity contribution is -0.112. The number of carbonyl (C=O) groups is 1. The number of aryl methyl sites for hydroxylation is 1. The molecule has 1 amide bonds. The molecule has 1 aromatic heterocycles. The largest absolute Gasteiger partial charge is 0.490 e. The minimum atomic E-state index is -0.523. The van der Waals surface area contributed by atoms with E-state index >= 15 is 0 Å². The van der Waals surface area contributed by atoms with Crippen LogP contribution in [0.3, 0.4) is 0 Å². The molecule has 168 valence electrons. The van der Waals surface area contributed by atoms with Gasteiger partial charge in [-0.05, 0) is 48.2 Å². The first-order valence-electron chi connectivity index (χ1n) is 10.4. The Morgan fingerprint density at radius 1 is 1.15 bits per heavy atom. The Kier molecular flexibility index (Phi) is 8.74. The fraction of sp³-hybridized carbons (Fsp3) is 0.200. The predicted octanol–water partition coefficient (Wildman–Crippen LogP) is 4.83. The molecule has 8 heteroatoms. The number of benzene rings is 2. The predicted molar refractivity (Wildman–Crippen MR) is 129 cm³/mol. The van der Waals surface area contributed by atoms with E-state index in [1.54, 1.807) is 24.3 Å². The number of nitrogens with one attached hydrogen (secondary N) is 1. The molecule has 0 aliphatic heterocycles. The van der Waals surface area contributed by atoms with Crippen molar-refractivity contribution in [2.45, 2.75) is 19.8 Å². The topological polar surface area (TPSA) is 97.1 Å². The van der Waals surface area contributed by atoms with Crippen LogP contribution < -0.4 is 14.8 Å². The summed E-state index contributed by atoms with van der Waals surface area (Å²) in [6.07, 6.45) is 4.84. The van der Waals surface area contributed by atoms with Crippen LogP contribution in [0.25, 0.3) is 6.08 Å². The van der Waals surface area contributed by atoms with Gasteiger partial charge in [-0.25, -0.2) is 0 Å². The minimum absolute atomic E-state index is 0.0245. The molecule has 3 aromatic rings. The molecule has 0 spiro atoms. The van der Waals surface area contributed by atoms with E-state index in [-0.39, 0.29) is 5.57 Å². The van der Waals surface area contributed by atoms with Crippen LogP contribution in [0.5, 0.6) is 11.5 Å². The average molecular weight is 461 g/mol. The van der Waals surface area contributed by atoms with Gasteiger partial charge >= 0.3 is 0 Å². The lowest BCUT2D eigenvalue weighted by Crippen LogP contribution is -2.13. The summed E-state index contributed by atoms with van der Waals surface area (Å²) in [4.78, 5) is 12.4. The van der Waals surface area contributed by atoms with Crippen LogP contribution in [0.1, 0.15) is 23.1 Å². The van der Waals surface area contributed by atoms with Crippen molar-refractivity contribution >= 4 is 28.5 Å². The third-order valence-corrected chi connectivity index (χ3v) is 5.48. The third-order valence-electron chi connectivity index (χ3n) is 4.49. The zero-order valence-electron chi connectivity index (χ0n) is 18.3. The Labute approximate surface area is 197 Å². The zero-order valence-corrected chi connectivity index (χ0v) is 19.1. The number of aromatic nitrogens is 2. The van der Waals surface area contributed by atoms with Crippen LogP contribution in [0.4, 0.5) is 5.13 Å². The fourth-order valence-corrected chi connectivity index (χ4v) is 3.54. The molecule has 0 aliphatic carbocycles.